The molecule has 0 bridgehead atoms. The number of nitrogens with one attached hydrogen (secondary N) is 1. The van der Waals surface area contributed by atoms with Gasteiger partial charge in [-0.3, -0.25) is 9.59 Å². The number of ether oxygens (including phenoxy) is 1. The zero-order chi connectivity index (χ0) is 16.0. The molecule has 0 aromatic carbocycles. The molecule has 0 spiro atoms. The lowest BCUT2D eigenvalue weighted by Gasteiger charge is -2.28. The minimum Gasteiger partial charge on any atom is -0.378 e. The van der Waals surface area contributed by atoms with E-state index in [1.807, 2.05) is 0 Å². The molecule has 1 fully saturated rings. The van der Waals surface area contributed by atoms with Gasteiger partial charge in [-0.2, -0.15) is 13.2 Å². The van der Waals surface area contributed by atoms with E-state index >= 15 is 0 Å². The third kappa shape index (κ3) is 6.76. The normalized spacial score (nSPS) is 19.2. The number of morpholine rings is 1. The topological polar surface area (TPSA) is 61.9 Å². The Kier molecular flexibility index (Phi) is 6.41. The van der Waals surface area contributed by atoms with Gasteiger partial charge in [0, 0.05) is 33.1 Å². The molecule has 21 heavy (non-hydrogen) atoms. The average molecular weight is 311 g/mol. The summed E-state index contributed by atoms with van der Waals surface area (Å²) in [5.74, 6) is -1.27. The van der Waals surface area contributed by atoms with E-state index < -0.39 is 31.1 Å². The molecule has 1 aliphatic rings. The first-order valence-electron chi connectivity index (χ1n) is 6.55. The van der Waals surface area contributed by atoms with Crippen LogP contribution in [0.3, 0.4) is 0 Å². The lowest BCUT2D eigenvalue weighted by atomic mass is 10.1. The van der Waals surface area contributed by atoms with Crippen molar-refractivity contribution in [1.82, 2.24) is 15.1 Å². The Hall–Kier alpha value is -1.35. The van der Waals surface area contributed by atoms with E-state index in [9.17, 15) is 22.8 Å². The van der Waals surface area contributed by atoms with Gasteiger partial charge in [0.05, 0.1) is 13.2 Å². The van der Waals surface area contributed by atoms with Crippen LogP contribution in [0.15, 0.2) is 0 Å². The van der Waals surface area contributed by atoms with Gasteiger partial charge in [-0.15, -0.1) is 0 Å². The summed E-state index contributed by atoms with van der Waals surface area (Å²) < 4.78 is 42.8. The van der Waals surface area contributed by atoms with Gasteiger partial charge in [-0.1, -0.05) is 0 Å². The molecule has 9 heteroatoms. The van der Waals surface area contributed by atoms with Gasteiger partial charge in [0.2, 0.25) is 11.8 Å². The van der Waals surface area contributed by atoms with Crippen molar-refractivity contribution in [2.24, 2.45) is 0 Å². The number of nitrogens with zero attached hydrogens (tertiary/aromatic N) is 2. The standard InChI is InChI=1S/C12H20F3N3O3/c1-17(2)11(20)6-18(8-12(13,14)15)10(19)5-9-7-21-4-3-16-9/h9,16H,3-8H2,1-2H3. The van der Waals surface area contributed by atoms with E-state index in [2.05, 4.69) is 5.32 Å². The molecule has 0 aromatic heterocycles. The molecular formula is C12H20F3N3O3. The summed E-state index contributed by atoms with van der Waals surface area (Å²) in [7, 11) is 2.85. The van der Waals surface area contributed by atoms with E-state index in [-0.39, 0.29) is 19.1 Å². The van der Waals surface area contributed by atoms with Crippen molar-refractivity contribution in [3.8, 4) is 0 Å². The third-order valence-corrected chi connectivity index (χ3v) is 2.97. The van der Waals surface area contributed by atoms with Gasteiger partial charge in [-0.05, 0) is 0 Å². The number of alkyl halides is 3. The van der Waals surface area contributed by atoms with Crippen LogP contribution in [0.25, 0.3) is 0 Å². The Morgan fingerprint density at radius 2 is 1.95 bits per heavy atom. The Morgan fingerprint density at radius 1 is 1.29 bits per heavy atom. The second-order valence-corrected chi connectivity index (χ2v) is 5.08. The second-order valence-electron chi connectivity index (χ2n) is 5.08. The number of carbonyl (C=O) groups excluding carboxylic acids is 2. The zero-order valence-electron chi connectivity index (χ0n) is 12.1. The van der Waals surface area contributed by atoms with Crippen LogP contribution in [0.2, 0.25) is 0 Å². The monoisotopic (exact) mass is 311 g/mol. The molecule has 2 amide bonds. The highest BCUT2D eigenvalue weighted by molar-refractivity contribution is 5.84. The van der Waals surface area contributed by atoms with Gasteiger partial charge in [0.15, 0.2) is 0 Å². The van der Waals surface area contributed by atoms with Crippen molar-refractivity contribution in [3.63, 3.8) is 0 Å². The first-order valence-corrected chi connectivity index (χ1v) is 6.55. The highest BCUT2D eigenvalue weighted by atomic mass is 19.4. The number of hydrogen-bond donors (Lipinski definition) is 1. The molecule has 1 N–H and O–H groups in total. The van der Waals surface area contributed by atoms with Crippen LogP contribution in [0.5, 0.6) is 0 Å². The fourth-order valence-electron chi connectivity index (χ4n) is 1.84. The summed E-state index contributed by atoms with van der Waals surface area (Å²) in [5, 5.41) is 2.99. The summed E-state index contributed by atoms with van der Waals surface area (Å²) in [4.78, 5) is 25.3. The minimum absolute atomic E-state index is 0.128. The van der Waals surface area contributed by atoms with Crippen molar-refractivity contribution in [2.75, 3.05) is 46.9 Å². The van der Waals surface area contributed by atoms with Crippen molar-refractivity contribution < 1.29 is 27.5 Å². The molecule has 0 saturated carbocycles. The largest absolute Gasteiger partial charge is 0.406 e. The van der Waals surface area contributed by atoms with Crippen LogP contribution >= 0.6 is 0 Å². The van der Waals surface area contributed by atoms with Crippen LogP contribution in [-0.4, -0.2) is 80.8 Å². The smallest absolute Gasteiger partial charge is 0.378 e. The highest BCUT2D eigenvalue weighted by Crippen LogP contribution is 2.17. The molecule has 0 radical (unpaired) electrons. The fourth-order valence-corrected chi connectivity index (χ4v) is 1.84. The molecule has 1 aliphatic heterocycles. The molecule has 1 heterocycles. The van der Waals surface area contributed by atoms with Gasteiger partial charge >= 0.3 is 6.18 Å². The summed E-state index contributed by atoms with van der Waals surface area (Å²) in [6, 6.07) is -0.323. The summed E-state index contributed by atoms with van der Waals surface area (Å²) >= 11 is 0. The molecule has 122 valence electrons. The van der Waals surface area contributed by atoms with Crippen LogP contribution < -0.4 is 5.32 Å². The van der Waals surface area contributed by atoms with Crippen molar-refractivity contribution in [3.05, 3.63) is 0 Å². The lowest BCUT2D eigenvalue weighted by Crippen LogP contribution is -2.49. The highest BCUT2D eigenvalue weighted by Gasteiger charge is 2.34. The Balaban J connectivity index is 2.64. The minimum atomic E-state index is -4.54. The van der Waals surface area contributed by atoms with Crippen LogP contribution in [0, 0.1) is 0 Å². The number of rotatable bonds is 5. The average Bonchev–Trinajstić information content (AvgIpc) is 2.37. The summed E-state index contributed by atoms with van der Waals surface area (Å²) in [6.45, 7) is -0.685. The molecule has 1 rings (SSSR count). The fraction of sp³-hybridized carbons (Fsp3) is 0.833. The quantitative estimate of drug-likeness (QED) is 0.767. The maximum atomic E-state index is 12.5. The predicted octanol–water partition coefficient (Wildman–Crippen LogP) is -0.156. The molecule has 1 unspecified atom stereocenters. The third-order valence-electron chi connectivity index (χ3n) is 2.97. The van der Waals surface area contributed by atoms with Crippen LogP contribution in [0.1, 0.15) is 6.42 Å². The second kappa shape index (κ2) is 7.60. The van der Waals surface area contributed by atoms with Gasteiger partial charge in [-0.25, -0.2) is 0 Å². The van der Waals surface area contributed by atoms with Gasteiger partial charge < -0.3 is 19.9 Å². The van der Waals surface area contributed by atoms with E-state index in [4.69, 9.17) is 4.74 Å². The molecule has 1 saturated heterocycles. The lowest BCUT2D eigenvalue weighted by molar-refractivity contribution is -0.164. The van der Waals surface area contributed by atoms with Crippen molar-refractivity contribution in [2.45, 2.75) is 18.6 Å². The molecule has 0 aliphatic carbocycles. The molecule has 0 aromatic rings. The number of halogens is 3. The maximum Gasteiger partial charge on any atom is 0.406 e. The van der Waals surface area contributed by atoms with E-state index in [1.54, 1.807) is 0 Å². The summed E-state index contributed by atoms with van der Waals surface area (Å²) in [5.41, 5.74) is 0. The SMILES string of the molecule is CN(C)C(=O)CN(CC(F)(F)F)C(=O)CC1COCCN1. The summed E-state index contributed by atoms with van der Waals surface area (Å²) in [6.07, 6.45) is -4.67. The first kappa shape index (κ1) is 17.7. The maximum absolute atomic E-state index is 12.5. The Labute approximate surface area is 121 Å². The first-order chi connectivity index (χ1) is 9.69. The number of carbonyl (C=O) groups is 2. The number of likely N-dealkylation sites (N-methyl/N-ethyl adjacent to an activating group) is 1. The zero-order valence-corrected chi connectivity index (χ0v) is 12.1. The predicted molar refractivity (Wildman–Crippen MR) is 68.6 cm³/mol. The van der Waals surface area contributed by atoms with Crippen LogP contribution in [0.4, 0.5) is 13.2 Å². The number of amides is 2. The Morgan fingerprint density at radius 3 is 2.43 bits per heavy atom. The van der Waals surface area contributed by atoms with E-state index in [0.29, 0.717) is 18.1 Å². The van der Waals surface area contributed by atoms with Crippen molar-refractivity contribution in [1.29, 1.82) is 0 Å². The molecular weight excluding hydrogens is 291 g/mol. The van der Waals surface area contributed by atoms with Crippen LogP contribution in [-0.2, 0) is 14.3 Å². The number of hydrogen-bond acceptors (Lipinski definition) is 4. The Bertz CT molecular complexity index is 368. The molecule has 1 atom stereocenters. The molecule has 6 nitrogen and oxygen atoms in total. The van der Waals surface area contributed by atoms with Crippen molar-refractivity contribution >= 4 is 11.8 Å². The van der Waals surface area contributed by atoms with E-state index in [1.165, 1.54) is 14.1 Å². The van der Waals surface area contributed by atoms with E-state index in [0.717, 1.165) is 4.90 Å². The van der Waals surface area contributed by atoms with Gasteiger partial charge in [0.25, 0.3) is 0 Å². The van der Waals surface area contributed by atoms with Gasteiger partial charge in [0.1, 0.15) is 13.1 Å².